The molecule has 0 bridgehead atoms. The molecule has 2 aliphatic heterocycles. The molecule has 1 aromatic heterocycles. The predicted octanol–water partition coefficient (Wildman–Crippen LogP) is 1.05. The smallest absolute Gasteiger partial charge is 0.262 e. The van der Waals surface area contributed by atoms with Gasteiger partial charge in [-0.25, -0.2) is 0 Å². The molecular weight excluding hydrogens is 372 g/mol. The highest BCUT2D eigenvalue weighted by atomic mass is 16.2. The fourth-order valence-corrected chi connectivity index (χ4v) is 3.74. The Labute approximate surface area is 167 Å². The summed E-state index contributed by atoms with van der Waals surface area (Å²) in [6, 6.07) is 8.99. The Hall–Kier alpha value is -3.55. The Balaban J connectivity index is 1.41. The quantitative estimate of drug-likeness (QED) is 0.729. The summed E-state index contributed by atoms with van der Waals surface area (Å²) < 4.78 is 0. The van der Waals surface area contributed by atoms with E-state index in [9.17, 15) is 19.2 Å². The van der Waals surface area contributed by atoms with Crippen molar-refractivity contribution in [2.45, 2.75) is 13.0 Å². The molecule has 1 unspecified atom stereocenters. The monoisotopic (exact) mass is 392 g/mol. The van der Waals surface area contributed by atoms with Crippen LogP contribution in [0.25, 0.3) is 0 Å². The van der Waals surface area contributed by atoms with Crippen LogP contribution in [0.2, 0.25) is 0 Å². The van der Waals surface area contributed by atoms with Crippen molar-refractivity contribution in [2.24, 2.45) is 0 Å². The summed E-state index contributed by atoms with van der Waals surface area (Å²) in [5.74, 6) is -1.29. The lowest BCUT2D eigenvalue weighted by Gasteiger charge is -2.37. The topological polar surface area (TPSA) is 90.9 Å². The second kappa shape index (κ2) is 7.46. The number of pyridine rings is 1. The predicted molar refractivity (Wildman–Crippen MR) is 103 cm³/mol. The first kappa shape index (κ1) is 18.8. The minimum Gasteiger partial charge on any atom is -0.337 e. The van der Waals surface area contributed by atoms with E-state index in [1.165, 1.54) is 0 Å². The minimum atomic E-state index is -0.898. The Morgan fingerprint density at radius 2 is 1.38 bits per heavy atom. The van der Waals surface area contributed by atoms with Crippen molar-refractivity contribution in [3.05, 3.63) is 65.5 Å². The molecule has 4 rings (SSSR count). The molecule has 0 aliphatic carbocycles. The number of fused-ring (bicyclic) bond motifs is 1. The number of nitrogens with zero attached hydrogens (tertiary/aromatic N) is 4. The van der Waals surface area contributed by atoms with Crippen molar-refractivity contribution in [3.63, 3.8) is 0 Å². The van der Waals surface area contributed by atoms with Crippen molar-refractivity contribution >= 4 is 23.6 Å². The van der Waals surface area contributed by atoms with E-state index in [4.69, 9.17) is 0 Å². The van der Waals surface area contributed by atoms with Crippen molar-refractivity contribution in [1.29, 1.82) is 0 Å². The van der Waals surface area contributed by atoms with Crippen LogP contribution >= 0.6 is 0 Å². The first-order valence-corrected chi connectivity index (χ1v) is 9.44. The molecule has 4 amide bonds. The van der Waals surface area contributed by atoms with E-state index >= 15 is 0 Å². The second-order valence-corrected chi connectivity index (χ2v) is 7.06. The van der Waals surface area contributed by atoms with E-state index in [1.54, 1.807) is 65.5 Å². The number of rotatable bonds is 3. The molecular formula is C21H20N4O4. The third-order valence-corrected chi connectivity index (χ3v) is 5.38. The molecule has 1 saturated heterocycles. The lowest BCUT2D eigenvalue weighted by Crippen LogP contribution is -2.56. The molecule has 1 atom stereocenters. The van der Waals surface area contributed by atoms with Crippen molar-refractivity contribution in [2.75, 3.05) is 26.2 Å². The largest absolute Gasteiger partial charge is 0.337 e. The summed E-state index contributed by atoms with van der Waals surface area (Å²) in [7, 11) is 0. The van der Waals surface area contributed by atoms with Crippen LogP contribution in [0.4, 0.5) is 0 Å². The number of hydrogen-bond donors (Lipinski definition) is 0. The van der Waals surface area contributed by atoms with Crippen LogP contribution in [0.15, 0.2) is 48.8 Å². The van der Waals surface area contributed by atoms with Gasteiger partial charge in [0.2, 0.25) is 5.91 Å². The highest BCUT2D eigenvalue weighted by Crippen LogP contribution is 2.25. The summed E-state index contributed by atoms with van der Waals surface area (Å²) in [6.07, 6.45) is 3.13. The van der Waals surface area contributed by atoms with E-state index in [0.29, 0.717) is 42.9 Å². The van der Waals surface area contributed by atoms with Gasteiger partial charge in [0.15, 0.2) is 0 Å². The molecule has 0 radical (unpaired) electrons. The maximum atomic E-state index is 12.9. The van der Waals surface area contributed by atoms with Gasteiger partial charge in [0.25, 0.3) is 17.7 Å². The lowest BCUT2D eigenvalue weighted by atomic mass is 10.1. The van der Waals surface area contributed by atoms with Gasteiger partial charge in [-0.05, 0) is 31.2 Å². The summed E-state index contributed by atoms with van der Waals surface area (Å²) in [5, 5.41) is 0. The van der Waals surface area contributed by atoms with Crippen molar-refractivity contribution in [1.82, 2.24) is 19.7 Å². The summed E-state index contributed by atoms with van der Waals surface area (Å²) in [6.45, 7) is 3.05. The van der Waals surface area contributed by atoms with E-state index in [2.05, 4.69) is 4.98 Å². The zero-order valence-electron chi connectivity index (χ0n) is 15.9. The van der Waals surface area contributed by atoms with Gasteiger partial charge in [-0.2, -0.15) is 0 Å². The zero-order chi connectivity index (χ0) is 20.5. The molecule has 0 saturated carbocycles. The van der Waals surface area contributed by atoms with Crippen LogP contribution in [0.5, 0.6) is 0 Å². The van der Waals surface area contributed by atoms with Gasteiger partial charge < -0.3 is 9.80 Å². The molecule has 1 aromatic carbocycles. The third-order valence-electron chi connectivity index (χ3n) is 5.38. The SMILES string of the molecule is CC(C(=O)N1CCN(C(=O)c2ccncc2)CC1)N1C(=O)c2ccccc2C1=O. The standard InChI is InChI=1S/C21H20N4O4/c1-14(25-20(28)16-4-2-3-5-17(16)21(25)29)18(26)23-10-12-24(13-11-23)19(27)15-6-8-22-9-7-15/h2-9,14H,10-13H2,1H3. The summed E-state index contributed by atoms with van der Waals surface area (Å²) in [4.78, 5) is 58.9. The third kappa shape index (κ3) is 3.26. The molecule has 148 valence electrons. The highest BCUT2D eigenvalue weighted by molar-refractivity contribution is 6.22. The summed E-state index contributed by atoms with van der Waals surface area (Å²) >= 11 is 0. The van der Waals surface area contributed by atoms with Crippen LogP contribution in [0, 0.1) is 0 Å². The fourth-order valence-electron chi connectivity index (χ4n) is 3.74. The van der Waals surface area contributed by atoms with Crippen LogP contribution in [0.1, 0.15) is 38.0 Å². The van der Waals surface area contributed by atoms with Crippen molar-refractivity contribution < 1.29 is 19.2 Å². The molecule has 8 heteroatoms. The van der Waals surface area contributed by atoms with Crippen LogP contribution in [-0.4, -0.2) is 75.5 Å². The van der Waals surface area contributed by atoms with Crippen LogP contribution in [-0.2, 0) is 4.79 Å². The van der Waals surface area contributed by atoms with Gasteiger partial charge >= 0.3 is 0 Å². The number of amides is 4. The molecule has 8 nitrogen and oxygen atoms in total. The second-order valence-electron chi connectivity index (χ2n) is 7.06. The van der Waals surface area contributed by atoms with Gasteiger partial charge in [-0.3, -0.25) is 29.1 Å². The van der Waals surface area contributed by atoms with Gasteiger partial charge in [0, 0.05) is 44.1 Å². The molecule has 0 spiro atoms. The molecule has 2 aromatic rings. The van der Waals surface area contributed by atoms with E-state index in [0.717, 1.165) is 4.90 Å². The van der Waals surface area contributed by atoms with Gasteiger partial charge in [-0.1, -0.05) is 12.1 Å². The summed E-state index contributed by atoms with van der Waals surface area (Å²) in [5.41, 5.74) is 1.20. The number of carbonyl (C=O) groups excluding carboxylic acids is 4. The Bertz CT molecular complexity index is 948. The van der Waals surface area contributed by atoms with E-state index < -0.39 is 17.9 Å². The number of hydrogen-bond acceptors (Lipinski definition) is 5. The molecule has 1 fully saturated rings. The Morgan fingerprint density at radius 3 is 1.93 bits per heavy atom. The number of benzene rings is 1. The fraction of sp³-hybridized carbons (Fsp3) is 0.286. The first-order chi connectivity index (χ1) is 14.0. The molecule has 0 N–H and O–H groups in total. The number of aromatic nitrogens is 1. The Kier molecular flexibility index (Phi) is 4.84. The average Bonchev–Trinajstić information content (AvgIpc) is 3.03. The molecule has 3 heterocycles. The normalized spacial score (nSPS) is 17.3. The maximum absolute atomic E-state index is 12.9. The maximum Gasteiger partial charge on any atom is 0.262 e. The zero-order valence-corrected chi connectivity index (χ0v) is 15.9. The van der Waals surface area contributed by atoms with Gasteiger partial charge in [0.05, 0.1) is 11.1 Å². The van der Waals surface area contributed by atoms with Crippen LogP contribution < -0.4 is 0 Å². The molecule has 29 heavy (non-hydrogen) atoms. The highest BCUT2D eigenvalue weighted by Gasteiger charge is 2.42. The van der Waals surface area contributed by atoms with Crippen molar-refractivity contribution in [3.8, 4) is 0 Å². The number of piperazine rings is 1. The average molecular weight is 392 g/mol. The van der Waals surface area contributed by atoms with Gasteiger partial charge in [-0.15, -0.1) is 0 Å². The van der Waals surface area contributed by atoms with E-state index in [1.807, 2.05) is 0 Å². The van der Waals surface area contributed by atoms with E-state index in [-0.39, 0.29) is 11.8 Å². The number of carbonyl (C=O) groups is 4. The number of imide groups is 1. The minimum absolute atomic E-state index is 0.104. The molecule has 2 aliphatic rings. The first-order valence-electron chi connectivity index (χ1n) is 9.44. The lowest BCUT2D eigenvalue weighted by molar-refractivity contribution is -0.136. The van der Waals surface area contributed by atoms with Gasteiger partial charge in [0.1, 0.15) is 6.04 Å². The van der Waals surface area contributed by atoms with Crippen LogP contribution in [0.3, 0.4) is 0 Å². The Morgan fingerprint density at radius 1 is 0.862 bits per heavy atom.